The van der Waals surface area contributed by atoms with E-state index in [-0.39, 0.29) is 0 Å². The molecule has 1 aromatic rings. The van der Waals surface area contributed by atoms with E-state index in [1.54, 1.807) is 0 Å². The molecule has 0 spiro atoms. The lowest BCUT2D eigenvalue weighted by Crippen LogP contribution is -2.36. The molecule has 0 aromatic carbocycles. The van der Waals surface area contributed by atoms with E-state index in [9.17, 15) is 0 Å². The Hall–Kier alpha value is -0.720. The average molecular weight is 326 g/mol. The van der Waals surface area contributed by atoms with E-state index in [2.05, 4.69) is 31.9 Å². The molecular formula is C16H28ClN5. The third-order valence-electron chi connectivity index (χ3n) is 3.81. The van der Waals surface area contributed by atoms with Gasteiger partial charge in [-0.15, -0.1) is 0 Å². The number of hydrogen-bond acceptors (Lipinski definition) is 5. The lowest BCUT2D eigenvalue weighted by atomic mass is 10.2. The highest BCUT2D eigenvalue weighted by molar-refractivity contribution is 6.29. The Morgan fingerprint density at radius 3 is 2.36 bits per heavy atom. The smallest absolute Gasteiger partial charge is 0.129 e. The van der Waals surface area contributed by atoms with Gasteiger partial charge in [-0.25, -0.2) is 4.98 Å². The quantitative estimate of drug-likeness (QED) is 0.711. The second-order valence-electron chi connectivity index (χ2n) is 5.72. The molecule has 0 atom stereocenters. The lowest BCUT2D eigenvalue weighted by molar-refractivity contribution is 0.259. The maximum Gasteiger partial charge on any atom is 0.129 e. The summed E-state index contributed by atoms with van der Waals surface area (Å²) in [6.45, 7) is 9.49. The summed E-state index contributed by atoms with van der Waals surface area (Å²) in [4.78, 5) is 6.66. The zero-order valence-electron chi connectivity index (χ0n) is 13.3. The summed E-state index contributed by atoms with van der Waals surface area (Å²) in [6.07, 6.45) is 4.23. The third kappa shape index (κ3) is 7.51. The van der Waals surface area contributed by atoms with Crippen LogP contribution in [-0.4, -0.2) is 62.2 Å². The summed E-state index contributed by atoms with van der Waals surface area (Å²) in [5.41, 5.74) is 1.22. The number of pyridine rings is 1. The van der Waals surface area contributed by atoms with Crippen molar-refractivity contribution in [3.8, 4) is 0 Å². The zero-order chi connectivity index (χ0) is 15.5. The van der Waals surface area contributed by atoms with Crippen molar-refractivity contribution < 1.29 is 0 Å². The fourth-order valence-corrected chi connectivity index (χ4v) is 2.69. The van der Waals surface area contributed by atoms with Gasteiger partial charge in [0.15, 0.2) is 0 Å². The number of nitrogens with zero attached hydrogens (tertiary/aromatic N) is 2. The van der Waals surface area contributed by atoms with Crippen molar-refractivity contribution in [2.75, 3.05) is 52.4 Å². The van der Waals surface area contributed by atoms with Crippen LogP contribution in [0.25, 0.3) is 0 Å². The van der Waals surface area contributed by atoms with Crippen molar-refractivity contribution in [3.63, 3.8) is 0 Å². The Labute approximate surface area is 138 Å². The second kappa shape index (κ2) is 10.9. The van der Waals surface area contributed by atoms with Crippen molar-refractivity contribution in [2.45, 2.75) is 19.4 Å². The van der Waals surface area contributed by atoms with E-state index in [4.69, 9.17) is 11.6 Å². The molecule has 1 aromatic heterocycles. The first kappa shape index (κ1) is 17.6. The van der Waals surface area contributed by atoms with E-state index < -0.39 is 0 Å². The average Bonchev–Trinajstić information content (AvgIpc) is 2.53. The minimum Gasteiger partial charge on any atom is -0.315 e. The van der Waals surface area contributed by atoms with Crippen molar-refractivity contribution >= 4 is 11.6 Å². The number of nitrogens with one attached hydrogen (secondary N) is 3. The molecular weight excluding hydrogens is 298 g/mol. The van der Waals surface area contributed by atoms with Crippen molar-refractivity contribution in [2.24, 2.45) is 0 Å². The van der Waals surface area contributed by atoms with Crippen LogP contribution < -0.4 is 16.0 Å². The molecule has 2 rings (SSSR count). The lowest BCUT2D eigenvalue weighted by Gasteiger charge is -2.23. The van der Waals surface area contributed by atoms with Gasteiger partial charge in [-0.1, -0.05) is 17.7 Å². The van der Waals surface area contributed by atoms with Crippen molar-refractivity contribution in [1.29, 1.82) is 0 Å². The van der Waals surface area contributed by atoms with Gasteiger partial charge in [-0.2, -0.15) is 0 Å². The monoisotopic (exact) mass is 325 g/mol. The van der Waals surface area contributed by atoms with Crippen LogP contribution in [0, 0.1) is 0 Å². The minimum atomic E-state index is 0.559. The van der Waals surface area contributed by atoms with Gasteiger partial charge < -0.3 is 16.0 Å². The number of hydrogen-bond donors (Lipinski definition) is 3. The Balaban J connectivity index is 1.81. The summed E-state index contributed by atoms with van der Waals surface area (Å²) in [6, 6.07) is 3.94. The van der Waals surface area contributed by atoms with Gasteiger partial charge in [0.2, 0.25) is 0 Å². The SMILES string of the molecule is Clc1ccc(CN2CCCNCCNCCCNCC2)cn1. The van der Waals surface area contributed by atoms with Gasteiger partial charge in [0.25, 0.3) is 0 Å². The highest BCUT2D eigenvalue weighted by Crippen LogP contribution is 2.08. The molecule has 1 fully saturated rings. The molecule has 1 saturated heterocycles. The molecule has 1 aliphatic heterocycles. The summed E-state index contributed by atoms with van der Waals surface area (Å²) in [5, 5.41) is 11.0. The van der Waals surface area contributed by atoms with E-state index >= 15 is 0 Å². The first-order valence-electron chi connectivity index (χ1n) is 8.29. The molecule has 0 aliphatic carbocycles. The molecule has 2 heterocycles. The van der Waals surface area contributed by atoms with Gasteiger partial charge in [0, 0.05) is 38.9 Å². The molecule has 22 heavy (non-hydrogen) atoms. The summed E-state index contributed by atoms with van der Waals surface area (Å²) in [7, 11) is 0. The molecule has 0 bridgehead atoms. The largest absolute Gasteiger partial charge is 0.315 e. The van der Waals surface area contributed by atoms with Crippen LogP contribution in [0.2, 0.25) is 5.15 Å². The van der Waals surface area contributed by atoms with Gasteiger partial charge in [-0.05, 0) is 50.7 Å². The van der Waals surface area contributed by atoms with Crippen LogP contribution in [0.15, 0.2) is 18.3 Å². The molecule has 6 heteroatoms. The van der Waals surface area contributed by atoms with Gasteiger partial charge in [0.05, 0.1) is 0 Å². The predicted octanol–water partition coefficient (Wildman–Crippen LogP) is 1.10. The van der Waals surface area contributed by atoms with Crippen LogP contribution in [0.3, 0.4) is 0 Å². The first-order valence-corrected chi connectivity index (χ1v) is 8.67. The predicted molar refractivity (Wildman–Crippen MR) is 92.4 cm³/mol. The summed E-state index contributed by atoms with van der Waals surface area (Å²) < 4.78 is 0. The fraction of sp³-hybridized carbons (Fsp3) is 0.688. The minimum absolute atomic E-state index is 0.559. The Morgan fingerprint density at radius 2 is 1.64 bits per heavy atom. The Kier molecular flexibility index (Phi) is 8.75. The molecule has 0 saturated carbocycles. The van der Waals surface area contributed by atoms with Crippen LogP contribution in [-0.2, 0) is 6.54 Å². The fourth-order valence-electron chi connectivity index (χ4n) is 2.58. The molecule has 124 valence electrons. The van der Waals surface area contributed by atoms with Gasteiger partial charge >= 0.3 is 0 Å². The maximum atomic E-state index is 5.86. The molecule has 0 amide bonds. The number of halogens is 1. The summed E-state index contributed by atoms with van der Waals surface area (Å²) >= 11 is 5.86. The van der Waals surface area contributed by atoms with Gasteiger partial charge in [-0.3, -0.25) is 4.90 Å². The third-order valence-corrected chi connectivity index (χ3v) is 4.04. The van der Waals surface area contributed by atoms with E-state index in [0.717, 1.165) is 58.9 Å². The topological polar surface area (TPSA) is 52.2 Å². The number of rotatable bonds is 2. The van der Waals surface area contributed by atoms with Crippen molar-refractivity contribution in [3.05, 3.63) is 29.0 Å². The van der Waals surface area contributed by atoms with Crippen LogP contribution in [0.5, 0.6) is 0 Å². The molecule has 5 nitrogen and oxygen atoms in total. The molecule has 0 unspecified atom stereocenters. The van der Waals surface area contributed by atoms with Crippen LogP contribution >= 0.6 is 11.6 Å². The van der Waals surface area contributed by atoms with Gasteiger partial charge in [0.1, 0.15) is 5.15 Å². The summed E-state index contributed by atoms with van der Waals surface area (Å²) in [5.74, 6) is 0. The second-order valence-corrected chi connectivity index (χ2v) is 6.11. The molecule has 0 radical (unpaired) electrons. The zero-order valence-corrected chi connectivity index (χ0v) is 14.0. The Morgan fingerprint density at radius 1 is 0.909 bits per heavy atom. The normalized spacial score (nSPS) is 20.4. The van der Waals surface area contributed by atoms with E-state index in [1.165, 1.54) is 18.4 Å². The maximum absolute atomic E-state index is 5.86. The highest BCUT2D eigenvalue weighted by atomic mass is 35.5. The Bertz CT molecular complexity index is 384. The molecule has 3 N–H and O–H groups in total. The standard InChI is InChI=1S/C16H28ClN5/c17-16-4-3-15(13-21-16)14-22-11-2-7-19-9-8-18-5-1-6-20-10-12-22/h3-4,13,18-20H,1-2,5-12,14H2. The van der Waals surface area contributed by atoms with Crippen molar-refractivity contribution in [1.82, 2.24) is 25.8 Å². The number of aromatic nitrogens is 1. The molecule has 1 aliphatic rings. The van der Waals surface area contributed by atoms with E-state index in [1.807, 2.05) is 12.3 Å². The van der Waals surface area contributed by atoms with Crippen LogP contribution in [0.1, 0.15) is 18.4 Å². The van der Waals surface area contributed by atoms with E-state index in [0.29, 0.717) is 5.15 Å². The van der Waals surface area contributed by atoms with Crippen LogP contribution in [0.4, 0.5) is 0 Å². The highest BCUT2D eigenvalue weighted by Gasteiger charge is 2.06. The first-order chi connectivity index (χ1) is 10.8.